The van der Waals surface area contributed by atoms with E-state index in [-0.39, 0.29) is 0 Å². The highest BCUT2D eigenvalue weighted by atomic mass is 16.4. The Balaban J connectivity index is 2.32. The molecule has 0 saturated carbocycles. The van der Waals surface area contributed by atoms with Gasteiger partial charge in [-0.05, 0) is 37.0 Å². The first kappa shape index (κ1) is 12.0. The van der Waals surface area contributed by atoms with Gasteiger partial charge in [-0.15, -0.1) is 0 Å². The van der Waals surface area contributed by atoms with E-state index in [9.17, 15) is 9.90 Å². The molecule has 0 radical (unpaired) electrons. The zero-order chi connectivity index (χ0) is 12.3. The summed E-state index contributed by atoms with van der Waals surface area (Å²) in [6.07, 6.45) is 4.28. The van der Waals surface area contributed by atoms with Crippen molar-refractivity contribution in [2.45, 2.75) is 32.6 Å². The minimum atomic E-state index is -0.806. The highest BCUT2D eigenvalue weighted by Gasteiger charge is 2.21. The van der Waals surface area contributed by atoms with Crippen LogP contribution in [0.3, 0.4) is 0 Å². The first-order valence-electron chi connectivity index (χ1n) is 6.34. The number of rotatable bonds is 4. The third-order valence-electron chi connectivity index (χ3n) is 3.36. The van der Waals surface area contributed by atoms with Crippen molar-refractivity contribution in [3.63, 3.8) is 0 Å². The Labute approximate surface area is 102 Å². The Morgan fingerprint density at radius 3 is 3.00 bits per heavy atom. The van der Waals surface area contributed by atoms with E-state index >= 15 is 0 Å². The van der Waals surface area contributed by atoms with Gasteiger partial charge in [0.1, 0.15) is 0 Å². The lowest BCUT2D eigenvalue weighted by Crippen LogP contribution is -2.31. The summed E-state index contributed by atoms with van der Waals surface area (Å²) in [4.78, 5) is 13.5. The van der Waals surface area contributed by atoms with Gasteiger partial charge in [-0.3, -0.25) is 0 Å². The van der Waals surface area contributed by atoms with Crippen LogP contribution in [0.15, 0.2) is 18.2 Å². The van der Waals surface area contributed by atoms with Crippen molar-refractivity contribution in [1.82, 2.24) is 0 Å². The topological polar surface area (TPSA) is 40.5 Å². The van der Waals surface area contributed by atoms with Crippen molar-refractivity contribution in [2.24, 2.45) is 0 Å². The number of aromatic carboxylic acids is 1. The summed E-state index contributed by atoms with van der Waals surface area (Å²) in [6.45, 7) is 4.27. The number of carboxylic acid groups (broad SMARTS) is 1. The Bertz CT molecular complexity index is 415. The van der Waals surface area contributed by atoms with Crippen molar-refractivity contribution in [2.75, 3.05) is 18.0 Å². The van der Waals surface area contributed by atoms with E-state index < -0.39 is 5.97 Å². The predicted octanol–water partition coefficient (Wildman–Crippen LogP) is 2.94. The number of hydrogen-bond donors (Lipinski definition) is 1. The van der Waals surface area contributed by atoms with Crippen LogP contribution in [0.4, 0.5) is 5.69 Å². The Morgan fingerprint density at radius 2 is 2.29 bits per heavy atom. The van der Waals surface area contributed by atoms with Crippen LogP contribution in [-0.2, 0) is 6.42 Å². The lowest BCUT2D eigenvalue weighted by molar-refractivity contribution is 0.0695. The van der Waals surface area contributed by atoms with Crippen LogP contribution >= 0.6 is 0 Å². The van der Waals surface area contributed by atoms with Crippen LogP contribution in [0.25, 0.3) is 0 Å². The second-order valence-corrected chi connectivity index (χ2v) is 4.55. The highest BCUT2D eigenvalue weighted by molar-refractivity contribution is 5.91. The molecular formula is C14H19NO2. The van der Waals surface area contributed by atoms with Gasteiger partial charge in [0.05, 0.1) is 5.56 Å². The summed E-state index contributed by atoms with van der Waals surface area (Å²) in [6, 6.07) is 5.62. The molecule has 0 aromatic heterocycles. The zero-order valence-electron chi connectivity index (χ0n) is 10.3. The lowest BCUT2D eigenvalue weighted by atomic mass is 9.96. The van der Waals surface area contributed by atoms with Gasteiger partial charge in [-0.25, -0.2) is 4.79 Å². The third kappa shape index (κ3) is 2.43. The van der Waals surface area contributed by atoms with E-state index in [1.165, 1.54) is 6.42 Å². The van der Waals surface area contributed by atoms with Gasteiger partial charge in [0.25, 0.3) is 0 Å². The summed E-state index contributed by atoms with van der Waals surface area (Å²) in [5, 5.41) is 9.18. The van der Waals surface area contributed by atoms with Crippen molar-refractivity contribution < 1.29 is 9.90 Å². The first-order valence-corrected chi connectivity index (χ1v) is 6.34. The molecule has 0 fully saturated rings. The van der Waals surface area contributed by atoms with Gasteiger partial charge in [-0.2, -0.15) is 0 Å². The number of carbonyl (C=O) groups is 1. The second kappa shape index (κ2) is 5.21. The molecular weight excluding hydrogens is 214 g/mol. The third-order valence-corrected chi connectivity index (χ3v) is 3.36. The van der Waals surface area contributed by atoms with E-state index in [1.807, 2.05) is 6.07 Å². The Morgan fingerprint density at radius 1 is 1.47 bits per heavy atom. The predicted molar refractivity (Wildman–Crippen MR) is 68.8 cm³/mol. The molecule has 0 saturated heterocycles. The smallest absolute Gasteiger partial charge is 0.336 e. The highest BCUT2D eigenvalue weighted by Crippen LogP contribution is 2.30. The molecule has 0 aliphatic carbocycles. The summed E-state index contributed by atoms with van der Waals surface area (Å²) < 4.78 is 0. The largest absolute Gasteiger partial charge is 0.478 e. The maximum Gasteiger partial charge on any atom is 0.336 e. The molecule has 92 valence electrons. The van der Waals surface area contributed by atoms with E-state index in [0.717, 1.165) is 43.6 Å². The van der Waals surface area contributed by atoms with Gasteiger partial charge in [0.2, 0.25) is 0 Å². The quantitative estimate of drug-likeness (QED) is 0.869. The van der Waals surface area contributed by atoms with Gasteiger partial charge >= 0.3 is 5.97 Å². The van der Waals surface area contributed by atoms with Crippen molar-refractivity contribution in [3.05, 3.63) is 29.3 Å². The van der Waals surface area contributed by atoms with Gasteiger partial charge in [0, 0.05) is 18.8 Å². The molecule has 1 N–H and O–H groups in total. The number of fused-ring (bicyclic) bond motifs is 1. The van der Waals surface area contributed by atoms with E-state index in [4.69, 9.17) is 0 Å². The fraction of sp³-hybridized carbons (Fsp3) is 0.500. The first-order chi connectivity index (χ1) is 8.24. The molecule has 1 aliphatic rings. The maximum atomic E-state index is 11.2. The number of unbranched alkanes of at least 4 members (excludes halogenated alkanes) is 1. The van der Waals surface area contributed by atoms with Crippen molar-refractivity contribution >= 4 is 11.7 Å². The molecule has 0 unspecified atom stereocenters. The van der Waals surface area contributed by atoms with Crippen LogP contribution in [0.5, 0.6) is 0 Å². The van der Waals surface area contributed by atoms with E-state index in [0.29, 0.717) is 5.56 Å². The molecule has 0 bridgehead atoms. The summed E-state index contributed by atoms with van der Waals surface area (Å²) >= 11 is 0. The monoisotopic (exact) mass is 233 g/mol. The Kier molecular flexibility index (Phi) is 3.67. The average Bonchev–Trinajstić information content (AvgIpc) is 2.35. The molecule has 2 rings (SSSR count). The molecule has 0 atom stereocenters. The molecule has 0 amide bonds. The molecule has 3 heteroatoms. The van der Waals surface area contributed by atoms with Crippen LogP contribution in [0, 0.1) is 0 Å². The van der Waals surface area contributed by atoms with Gasteiger partial charge in [-0.1, -0.05) is 19.4 Å². The zero-order valence-corrected chi connectivity index (χ0v) is 10.3. The summed E-state index contributed by atoms with van der Waals surface area (Å²) in [5.41, 5.74) is 2.62. The number of hydrogen-bond acceptors (Lipinski definition) is 2. The van der Waals surface area contributed by atoms with Crippen molar-refractivity contribution in [1.29, 1.82) is 0 Å². The van der Waals surface area contributed by atoms with E-state index in [1.54, 1.807) is 6.07 Å². The van der Waals surface area contributed by atoms with Crippen LogP contribution in [-0.4, -0.2) is 24.2 Å². The molecule has 1 aliphatic heterocycles. The number of carboxylic acids is 1. The Hall–Kier alpha value is -1.51. The van der Waals surface area contributed by atoms with Gasteiger partial charge in [0.15, 0.2) is 0 Å². The van der Waals surface area contributed by atoms with Crippen LogP contribution in [0.2, 0.25) is 0 Å². The standard InChI is InChI=1S/C14H19NO2/c1-2-3-9-15-10-5-7-11-12(14(16)17)6-4-8-13(11)15/h4,6,8H,2-3,5,7,9-10H2,1H3,(H,16,17). The SMILES string of the molecule is CCCCN1CCCc2c(C(=O)O)cccc21. The minimum Gasteiger partial charge on any atom is -0.478 e. The van der Waals surface area contributed by atoms with Crippen LogP contribution in [0.1, 0.15) is 42.1 Å². The normalized spacial score (nSPS) is 14.5. The number of benzene rings is 1. The molecule has 1 heterocycles. The number of nitrogens with zero attached hydrogens (tertiary/aromatic N) is 1. The molecule has 0 spiro atoms. The maximum absolute atomic E-state index is 11.2. The second-order valence-electron chi connectivity index (χ2n) is 4.55. The molecule has 1 aromatic carbocycles. The average molecular weight is 233 g/mol. The fourth-order valence-electron chi connectivity index (χ4n) is 2.48. The summed E-state index contributed by atoms with van der Waals surface area (Å²) in [7, 11) is 0. The van der Waals surface area contributed by atoms with Gasteiger partial charge < -0.3 is 10.0 Å². The number of anilines is 1. The lowest BCUT2D eigenvalue weighted by Gasteiger charge is -2.32. The molecule has 1 aromatic rings. The van der Waals surface area contributed by atoms with E-state index in [2.05, 4.69) is 17.9 Å². The molecule has 3 nitrogen and oxygen atoms in total. The fourth-order valence-corrected chi connectivity index (χ4v) is 2.48. The summed E-state index contributed by atoms with van der Waals surface area (Å²) in [5.74, 6) is -0.806. The van der Waals surface area contributed by atoms with Crippen LogP contribution < -0.4 is 4.90 Å². The molecule has 17 heavy (non-hydrogen) atoms. The minimum absolute atomic E-state index is 0.476. The van der Waals surface area contributed by atoms with Crippen molar-refractivity contribution in [3.8, 4) is 0 Å².